The van der Waals surface area contributed by atoms with E-state index in [1.165, 1.54) is 24.0 Å². The molecule has 0 spiro atoms. The van der Waals surface area contributed by atoms with Crippen molar-refractivity contribution >= 4 is 0 Å². The lowest BCUT2D eigenvalue weighted by Gasteiger charge is -2.06. The summed E-state index contributed by atoms with van der Waals surface area (Å²) in [6.45, 7) is 7.22. The van der Waals surface area contributed by atoms with Crippen LogP contribution < -0.4 is 0 Å². The molecule has 1 N–H and O–H groups in total. The van der Waals surface area contributed by atoms with E-state index in [0.29, 0.717) is 11.3 Å². The van der Waals surface area contributed by atoms with Crippen LogP contribution in [0.3, 0.4) is 0 Å². The minimum absolute atomic E-state index is 0.242. The molecule has 2 rings (SSSR count). The van der Waals surface area contributed by atoms with Gasteiger partial charge in [0.25, 0.3) is 0 Å². The highest BCUT2D eigenvalue weighted by molar-refractivity contribution is 5.21. The van der Waals surface area contributed by atoms with Crippen LogP contribution in [0.15, 0.2) is 23.3 Å². The molecule has 2 atom stereocenters. The Kier molecular flexibility index (Phi) is 3.25. The SMILES string of the molecule is CC1=CCCC(CO)=CC2C(CC1)C2(C)C. The number of aliphatic hydroxyl groups excluding tert-OH is 1. The van der Waals surface area contributed by atoms with Crippen molar-refractivity contribution in [2.75, 3.05) is 6.61 Å². The fourth-order valence-corrected chi connectivity index (χ4v) is 3.13. The Morgan fingerprint density at radius 2 is 2.12 bits per heavy atom. The fourth-order valence-electron chi connectivity index (χ4n) is 3.13. The number of hydrogen-bond donors (Lipinski definition) is 1. The van der Waals surface area contributed by atoms with Gasteiger partial charge in [0.2, 0.25) is 0 Å². The maximum atomic E-state index is 9.35. The minimum atomic E-state index is 0.242. The molecule has 2 aliphatic rings. The topological polar surface area (TPSA) is 20.2 Å². The van der Waals surface area contributed by atoms with Crippen LogP contribution in [-0.2, 0) is 0 Å². The lowest BCUT2D eigenvalue weighted by atomic mass is 10.0. The molecule has 0 heterocycles. The van der Waals surface area contributed by atoms with Crippen molar-refractivity contribution in [1.82, 2.24) is 0 Å². The normalized spacial score (nSPS) is 33.5. The summed E-state index contributed by atoms with van der Waals surface area (Å²) < 4.78 is 0. The van der Waals surface area contributed by atoms with Crippen molar-refractivity contribution in [3.8, 4) is 0 Å². The van der Waals surface area contributed by atoms with Gasteiger partial charge in [-0.1, -0.05) is 31.6 Å². The van der Waals surface area contributed by atoms with Crippen LogP contribution in [0, 0.1) is 17.3 Å². The van der Waals surface area contributed by atoms with Gasteiger partial charge in [0, 0.05) is 0 Å². The molecule has 0 aromatic heterocycles. The average Bonchev–Trinajstić information content (AvgIpc) is 2.76. The Bertz CT molecular complexity index is 322. The van der Waals surface area contributed by atoms with E-state index in [4.69, 9.17) is 0 Å². The van der Waals surface area contributed by atoms with Gasteiger partial charge >= 0.3 is 0 Å². The van der Waals surface area contributed by atoms with Crippen LogP contribution in [0.4, 0.5) is 0 Å². The van der Waals surface area contributed by atoms with Crippen LogP contribution in [0.2, 0.25) is 0 Å². The van der Waals surface area contributed by atoms with E-state index >= 15 is 0 Å². The molecule has 0 aromatic rings. The molecule has 0 amide bonds. The fraction of sp³-hybridized carbons (Fsp3) is 0.733. The molecule has 0 bridgehead atoms. The highest BCUT2D eigenvalue weighted by Crippen LogP contribution is 2.61. The van der Waals surface area contributed by atoms with Crippen LogP contribution in [-0.4, -0.2) is 11.7 Å². The molecule has 2 unspecified atom stereocenters. The van der Waals surface area contributed by atoms with Crippen molar-refractivity contribution in [3.63, 3.8) is 0 Å². The van der Waals surface area contributed by atoms with Crippen molar-refractivity contribution in [3.05, 3.63) is 23.3 Å². The molecule has 1 heteroatoms. The van der Waals surface area contributed by atoms with E-state index in [-0.39, 0.29) is 6.61 Å². The third-order valence-corrected chi connectivity index (χ3v) is 4.57. The van der Waals surface area contributed by atoms with Crippen molar-refractivity contribution < 1.29 is 5.11 Å². The van der Waals surface area contributed by atoms with Gasteiger partial charge in [0.05, 0.1) is 6.61 Å². The largest absolute Gasteiger partial charge is 0.392 e. The van der Waals surface area contributed by atoms with Crippen LogP contribution in [0.1, 0.15) is 46.5 Å². The third kappa shape index (κ3) is 2.24. The monoisotopic (exact) mass is 220 g/mol. The first-order valence-corrected chi connectivity index (χ1v) is 6.51. The summed E-state index contributed by atoms with van der Waals surface area (Å²) in [5, 5.41) is 9.35. The lowest BCUT2D eigenvalue weighted by Crippen LogP contribution is -1.94. The first-order valence-electron chi connectivity index (χ1n) is 6.51. The second-order valence-electron chi connectivity index (χ2n) is 6.06. The Hall–Kier alpha value is -0.560. The molecule has 1 saturated carbocycles. The summed E-state index contributed by atoms with van der Waals surface area (Å²) in [7, 11) is 0. The van der Waals surface area contributed by atoms with E-state index in [9.17, 15) is 5.11 Å². The molecule has 0 aliphatic heterocycles. The van der Waals surface area contributed by atoms with Crippen LogP contribution >= 0.6 is 0 Å². The molecule has 90 valence electrons. The van der Waals surface area contributed by atoms with Crippen LogP contribution in [0.25, 0.3) is 0 Å². The van der Waals surface area contributed by atoms with Crippen molar-refractivity contribution in [2.24, 2.45) is 17.3 Å². The Morgan fingerprint density at radius 1 is 1.38 bits per heavy atom. The maximum Gasteiger partial charge on any atom is 0.0641 e. The Balaban J connectivity index is 2.15. The first kappa shape index (κ1) is 11.9. The molecule has 0 saturated heterocycles. The zero-order valence-electron chi connectivity index (χ0n) is 10.8. The van der Waals surface area contributed by atoms with E-state index in [1.54, 1.807) is 0 Å². The predicted octanol–water partition coefficient (Wildman–Crippen LogP) is 3.70. The molecular weight excluding hydrogens is 196 g/mol. The summed E-state index contributed by atoms with van der Waals surface area (Å²) in [6.07, 6.45) is 9.41. The van der Waals surface area contributed by atoms with Gasteiger partial charge in [-0.05, 0) is 55.4 Å². The average molecular weight is 220 g/mol. The lowest BCUT2D eigenvalue weighted by molar-refractivity contribution is 0.325. The van der Waals surface area contributed by atoms with E-state index < -0.39 is 0 Å². The molecular formula is C15H24O. The molecule has 0 radical (unpaired) electrons. The molecule has 1 fully saturated rings. The Labute approximate surface area is 99.3 Å². The van der Waals surface area contributed by atoms with Gasteiger partial charge in [-0.25, -0.2) is 0 Å². The van der Waals surface area contributed by atoms with Gasteiger partial charge in [0.15, 0.2) is 0 Å². The number of fused-ring (bicyclic) bond motifs is 1. The highest BCUT2D eigenvalue weighted by Gasteiger charge is 2.55. The van der Waals surface area contributed by atoms with Gasteiger partial charge < -0.3 is 5.11 Å². The van der Waals surface area contributed by atoms with Gasteiger partial charge in [0.1, 0.15) is 0 Å². The Morgan fingerprint density at radius 3 is 2.81 bits per heavy atom. The summed E-state index contributed by atoms with van der Waals surface area (Å²) in [5.74, 6) is 1.54. The molecule has 2 aliphatic carbocycles. The minimum Gasteiger partial charge on any atom is -0.392 e. The summed E-state index contributed by atoms with van der Waals surface area (Å²) in [4.78, 5) is 0. The second-order valence-corrected chi connectivity index (χ2v) is 6.06. The van der Waals surface area contributed by atoms with Crippen molar-refractivity contribution in [1.29, 1.82) is 0 Å². The summed E-state index contributed by atoms with van der Waals surface area (Å²) in [6, 6.07) is 0. The standard InChI is InChI=1S/C15H24O/c1-11-5-4-6-12(10-16)9-14-13(8-7-11)15(14,2)3/h5,9,13-14,16H,4,6-8,10H2,1-3H3. The molecule has 0 aromatic carbocycles. The number of hydrogen-bond acceptors (Lipinski definition) is 1. The zero-order chi connectivity index (χ0) is 11.8. The third-order valence-electron chi connectivity index (χ3n) is 4.57. The molecule has 1 nitrogen and oxygen atoms in total. The first-order chi connectivity index (χ1) is 7.55. The number of allylic oxidation sites excluding steroid dienone is 3. The number of rotatable bonds is 1. The maximum absolute atomic E-state index is 9.35. The highest BCUT2D eigenvalue weighted by atomic mass is 16.3. The summed E-state index contributed by atoms with van der Waals surface area (Å²) >= 11 is 0. The zero-order valence-corrected chi connectivity index (χ0v) is 10.8. The quantitative estimate of drug-likeness (QED) is 0.668. The van der Waals surface area contributed by atoms with Gasteiger partial charge in [-0.15, -0.1) is 0 Å². The van der Waals surface area contributed by atoms with Crippen molar-refractivity contribution in [2.45, 2.75) is 46.5 Å². The van der Waals surface area contributed by atoms with Gasteiger partial charge in [-0.3, -0.25) is 0 Å². The smallest absolute Gasteiger partial charge is 0.0641 e. The molecule has 16 heavy (non-hydrogen) atoms. The van der Waals surface area contributed by atoms with E-state index in [0.717, 1.165) is 18.8 Å². The summed E-state index contributed by atoms with van der Waals surface area (Å²) in [5.41, 5.74) is 3.23. The second kappa shape index (κ2) is 4.37. The van der Waals surface area contributed by atoms with Gasteiger partial charge in [-0.2, -0.15) is 0 Å². The van der Waals surface area contributed by atoms with E-state index in [1.807, 2.05) is 0 Å². The predicted molar refractivity (Wildman–Crippen MR) is 68.2 cm³/mol. The van der Waals surface area contributed by atoms with E-state index in [2.05, 4.69) is 32.9 Å². The van der Waals surface area contributed by atoms with Crippen LogP contribution in [0.5, 0.6) is 0 Å². The number of aliphatic hydroxyl groups is 1.